The molecule has 0 saturated heterocycles. The van der Waals surface area contributed by atoms with Gasteiger partial charge in [0.1, 0.15) is 22.3 Å². The van der Waals surface area contributed by atoms with E-state index >= 15 is 0 Å². The Morgan fingerprint density at radius 2 is 1.33 bits per heavy atom. The highest BCUT2D eigenvalue weighted by molar-refractivity contribution is 6.53. The van der Waals surface area contributed by atoms with Crippen LogP contribution in [0, 0.1) is 0 Å². The highest BCUT2D eigenvalue weighted by atomic mass is 16.5. The zero-order valence-electron chi connectivity index (χ0n) is 22.4. The molecule has 5 heteroatoms. The van der Waals surface area contributed by atoms with Crippen LogP contribution in [0.25, 0.3) is 65.8 Å². The third kappa shape index (κ3) is 3.84. The zero-order valence-corrected chi connectivity index (χ0v) is 22.4. The molecule has 4 nitrogen and oxygen atoms in total. The third-order valence-corrected chi connectivity index (χ3v) is 8.14. The highest BCUT2D eigenvalue weighted by Gasteiger charge is 2.36. The molecule has 1 N–H and O–H groups in total. The van der Waals surface area contributed by atoms with Gasteiger partial charge in [-0.2, -0.15) is 0 Å². The maximum Gasteiger partial charge on any atom is 0.331 e. The average Bonchev–Trinajstić information content (AvgIpc) is 3.47. The van der Waals surface area contributed by atoms with Crippen LogP contribution in [0.2, 0.25) is 0 Å². The Hall–Kier alpha value is -4.06. The minimum Gasteiger partial charge on any atom is -0.456 e. The molecule has 0 saturated carbocycles. The van der Waals surface area contributed by atoms with Crippen molar-refractivity contribution in [2.24, 2.45) is 0 Å². The van der Waals surface area contributed by atoms with Gasteiger partial charge < -0.3 is 18.6 Å². The predicted octanol–water partition coefficient (Wildman–Crippen LogP) is 8.12. The van der Waals surface area contributed by atoms with Crippen molar-refractivity contribution in [2.75, 3.05) is 0 Å². The quantitative estimate of drug-likeness (QED) is 0.237. The topological polar surface area (TPSA) is 55.7 Å². The molecule has 191 valence electrons. The van der Waals surface area contributed by atoms with E-state index in [1.54, 1.807) is 21.3 Å². The summed E-state index contributed by atoms with van der Waals surface area (Å²) in [4.78, 5) is 0. The van der Waals surface area contributed by atoms with E-state index in [1.807, 2.05) is 56.3 Å². The van der Waals surface area contributed by atoms with Crippen molar-refractivity contribution in [2.45, 2.75) is 38.9 Å². The molecule has 0 atom stereocenters. The number of para-hydroxylation sites is 1. The molecule has 0 fully saturated rings. The second-order valence-electron chi connectivity index (χ2n) is 11.3. The Kier molecular flexibility index (Phi) is 5.22. The summed E-state index contributed by atoms with van der Waals surface area (Å²) in [5.41, 5.74) is 4.38. The van der Waals surface area contributed by atoms with Crippen LogP contribution in [0.1, 0.15) is 27.7 Å². The van der Waals surface area contributed by atoms with Gasteiger partial charge in [0.25, 0.3) is 0 Å². The van der Waals surface area contributed by atoms with Crippen LogP contribution in [0.5, 0.6) is 0 Å². The molecule has 1 radical (unpaired) electrons. The fourth-order valence-electron chi connectivity index (χ4n) is 5.24. The van der Waals surface area contributed by atoms with Crippen molar-refractivity contribution in [3.63, 3.8) is 0 Å². The normalized spacial score (nSPS) is 12.8. The summed E-state index contributed by atoms with van der Waals surface area (Å²) in [5, 5.41) is 17.2. The van der Waals surface area contributed by atoms with Crippen molar-refractivity contribution < 1.29 is 18.6 Å². The summed E-state index contributed by atoms with van der Waals surface area (Å²) in [6.45, 7) is 7.31. The van der Waals surface area contributed by atoms with Crippen LogP contribution in [-0.4, -0.2) is 23.8 Å². The largest absolute Gasteiger partial charge is 0.456 e. The van der Waals surface area contributed by atoms with Crippen LogP contribution < -0.4 is 5.46 Å². The van der Waals surface area contributed by atoms with E-state index in [0.717, 1.165) is 71.2 Å². The van der Waals surface area contributed by atoms with Gasteiger partial charge >= 0.3 is 7.48 Å². The smallest absolute Gasteiger partial charge is 0.331 e. The van der Waals surface area contributed by atoms with Gasteiger partial charge in [0.05, 0.1) is 11.2 Å². The lowest BCUT2D eigenvalue weighted by Gasteiger charge is -2.37. The standard InChI is InChI=1S/C34H28BO4/c1-33(2,36)34(3,4)39-35-26-17-22(23-13-9-15-28-31(23)24-12-7-8-14-27(24)37-28)19-30-32(26)25-16-20-10-5-6-11-21(20)18-29(25)38-30/h5-19,36H,1-4H3. The lowest BCUT2D eigenvalue weighted by atomic mass is 9.79. The number of benzene rings is 5. The molecule has 7 rings (SSSR count). The lowest BCUT2D eigenvalue weighted by Crippen LogP contribution is -2.49. The molecule has 0 bridgehead atoms. The van der Waals surface area contributed by atoms with Crippen molar-refractivity contribution in [3.8, 4) is 11.1 Å². The summed E-state index contributed by atoms with van der Waals surface area (Å²) in [5.74, 6) is 0. The number of furan rings is 2. The van der Waals surface area contributed by atoms with Gasteiger partial charge in [-0.25, -0.2) is 0 Å². The first-order valence-electron chi connectivity index (χ1n) is 13.2. The summed E-state index contributed by atoms with van der Waals surface area (Å²) in [7, 11) is 1.77. The molecule has 0 unspecified atom stereocenters. The second-order valence-corrected chi connectivity index (χ2v) is 11.3. The molecular formula is C34H28BO4. The fourth-order valence-corrected chi connectivity index (χ4v) is 5.24. The maximum absolute atomic E-state index is 10.7. The SMILES string of the molecule is CC(C)(O)C(C)(C)O[B]c1cc(-c2cccc3oc4ccccc4c23)cc2oc3cc4ccccc4cc3c12. The Balaban J connectivity index is 1.50. The van der Waals surface area contributed by atoms with Gasteiger partial charge in [-0.1, -0.05) is 60.7 Å². The van der Waals surface area contributed by atoms with E-state index in [0.29, 0.717) is 0 Å². The summed E-state index contributed by atoms with van der Waals surface area (Å²) < 4.78 is 19.0. The van der Waals surface area contributed by atoms with Gasteiger partial charge in [-0.15, -0.1) is 0 Å². The number of hydrogen-bond acceptors (Lipinski definition) is 4. The maximum atomic E-state index is 10.7. The van der Waals surface area contributed by atoms with Gasteiger partial charge in [0.2, 0.25) is 0 Å². The molecule has 2 heterocycles. The average molecular weight is 511 g/mol. The number of aliphatic hydroxyl groups is 1. The molecule has 0 amide bonds. The van der Waals surface area contributed by atoms with Gasteiger partial charge in [0.15, 0.2) is 0 Å². The van der Waals surface area contributed by atoms with E-state index in [4.69, 9.17) is 13.5 Å². The van der Waals surface area contributed by atoms with Crippen molar-refractivity contribution >= 4 is 67.6 Å². The number of fused-ring (bicyclic) bond motifs is 7. The molecule has 0 aliphatic rings. The molecule has 0 aliphatic heterocycles. The fraction of sp³-hybridized carbons (Fsp3) is 0.176. The minimum atomic E-state index is -1.05. The Bertz CT molecular complexity index is 2040. The zero-order chi connectivity index (χ0) is 26.9. The Morgan fingerprint density at radius 3 is 2.13 bits per heavy atom. The molecular weight excluding hydrogens is 483 g/mol. The van der Waals surface area contributed by atoms with E-state index in [9.17, 15) is 5.11 Å². The van der Waals surface area contributed by atoms with Gasteiger partial charge in [-0.3, -0.25) is 0 Å². The van der Waals surface area contributed by atoms with Crippen LogP contribution in [0.15, 0.2) is 99.8 Å². The summed E-state index contributed by atoms with van der Waals surface area (Å²) >= 11 is 0. The van der Waals surface area contributed by atoms with Crippen molar-refractivity contribution in [3.05, 3.63) is 91.0 Å². The minimum absolute atomic E-state index is 0.776. The molecule has 5 aromatic carbocycles. The lowest BCUT2D eigenvalue weighted by molar-refractivity contribution is -0.0893. The molecule has 39 heavy (non-hydrogen) atoms. The van der Waals surface area contributed by atoms with E-state index in [2.05, 4.69) is 48.5 Å². The summed E-state index contributed by atoms with van der Waals surface area (Å²) in [6, 6.07) is 31.1. The van der Waals surface area contributed by atoms with Crippen LogP contribution >= 0.6 is 0 Å². The Morgan fingerprint density at radius 1 is 0.641 bits per heavy atom. The van der Waals surface area contributed by atoms with E-state index in [-0.39, 0.29) is 0 Å². The van der Waals surface area contributed by atoms with E-state index < -0.39 is 11.2 Å². The van der Waals surface area contributed by atoms with Crippen molar-refractivity contribution in [1.29, 1.82) is 0 Å². The van der Waals surface area contributed by atoms with Gasteiger partial charge in [0, 0.05) is 21.5 Å². The van der Waals surface area contributed by atoms with Crippen molar-refractivity contribution in [1.82, 2.24) is 0 Å². The van der Waals surface area contributed by atoms with Gasteiger partial charge in [-0.05, 0) is 85.4 Å². The monoisotopic (exact) mass is 511 g/mol. The first-order valence-corrected chi connectivity index (χ1v) is 13.2. The second kappa shape index (κ2) is 8.47. The Labute approximate surface area is 227 Å². The highest BCUT2D eigenvalue weighted by Crippen LogP contribution is 2.39. The summed E-state index contributed by atoms with van der Waals surface area (Å²) in [6.07, 6.45) is 0. The molecule has 7 aromatic rings. The molecule has 2 aromatic heterocycles. The first-order chi connectivity index (χ1) is 18.7. The first kappa shape index (κ1) is 24.0. The third-order valence-electron chi connectivity index (χ3n) is 8.14. The predicted molar refractivity (Wildman–Crippen MR) is 161 cm³/mol. The molecule has 0 aliphatic carbocycles. The number of rotatable bonds is 5. The molecule has 0 spiro atoms. The van der Waals surface area contributed by atoms with Crippen LogP contribution in [-0.2, 0) is 4.65 Å². The van der Waals surface area contributed by atoms with Crippen LogP contribution in [0.4, 0.5) is 0 Å². The van der Waals surface area contributed by atoms with E-state index in [1.165, 1.54) is 0 Å². The number of hydrogen-bond donors (Lipinski definition) is 1. The van der Waals surface area contributed by atoms with Crippen LogP contribution in [0.3, 0.4) is 0 Å².